The summed E-state index contributed by atoms with van der Waals surface area (Å²) < 4.78 is 85.4. The third-order valence-corrected chi connectivity index (χ3v) is 3.54. The van der Waals surface area contributed by atoms with E-state index in [0.29, 0.717) is 0 Å². The van der Waals surface area contributed by atoms with Crippen LogP contribution in [0.15, 0.2) is 11.1 Å². The van der Waals surface area contributed by atoms with E-state index in [1.54, 1.807) is 0 Å². The zero-order chi connectivity index (χ0) is 15.0. The molecule has 0 aliphatic heterocycles. The minimum atomic E-state index is -5.12. The molecule has 0 bridgehead atoms. The van der Waals surface area contributed by atoms with Crippen molar-refractivity contribution in [3.63, 3.8) is 0 Å². The van der Waals surface area contributed by atoms with Gasteiger partial charge in [-0.1, -0.05) is 0 Å². The molecule has 0 saturated heterocycles. The van der Waals surface area contributed by atoms with Crippen molar-refractivity contribution in [2.24, 2.45) is 5.73 Å². The van der Waals surface area contributed by atoms with E-state index in [2.05, 4.69) is 4.98 Å². The Morgan fingerprint density at radius 3 is 2.21 bits per heavy atom. The Kier molecular flexibility index (Phi) is 4.37. The first-order valence-corrected chi connectivity index (χ1v) is 6.83. The van der Waals surface area contributed by atoms with Crippen LogP contribution in [0.4, 0.5) is 22.0 Å². The summed E-state index contributed by atoms with van der Waals surface area (Å²) in [4.78, 5) is 1.44. The Morgan fingerprint density at radius 2 is 1.89 bits per heavy atom. The SMILES string of the molecule is NCc1c(C(F)F)ncc(C(F)(F)F)c1S(=O)(=O)Cl. The second-order valence-corrected chi connectivity index (χ2v) is 5.81. The molecule has 2 N–H and O–H groups in total. The van der Waals surface area contributed by atoms with Gasteiger partial charge in [0.2, 0.25) is 0 Å². The maximum absolute atomic E-state index is 12.6. The van der Waals surface area contributed by atoms with Crippen LogP contribution in [0, 0.1) is 0 Å². The minimum Gasteiger partial charge on any atom is -0.326 e. The summed E-state index contributed by atoms with van der Waals surface area (Å²) in [5, 5.41) is 0. The quantitative estimate of drug-likeness (QED) is 0.684. The van der Waals surface area contributed by atoms with Crippen molar-refractivity contribution in [1.29, 1.82) is 0 Å². The van der Waals surface area contributed by atoms with Gasteiger partial charge in [0.25, 0.3) is 15.5 Å². The van der Waals surface area contributed by atoms with E-state index < -0.39 is 49.9 Å². The normalized spacial score (nSPS) is 13.1. The van der Waals surface area contributed by atoms with Crippen molar-refractivity contribution in [1.82, 2.24) is 4.98 Å². The third kappa shape index (κ3) is 3.31. The van der Waals surface area contributed by atoms with Gasteiger partial charge in [-0.15, -0.1) is 0 Å². The van der Waals surface area contributed by atoms with Gasteiger partial charge in [-0.2, -0.15) is 13.2 Å². The minimum absolute atomic E-state index is 0.00405. The number of hydrogen-bond acceptors (Lipinski definition) is 4. The van der Waals surface area contributed by atoms with Gasteiger partial charge in [0.15, 0.2) is 0 Å². The maximum Gasteiger partial charge on any atom is 0.419 e. The van der Waals surface area contributed by atoms with E-state index in [1.807, 2.05) is 0 Å². The van der Waals surface area contributed by atoms with E-state index in [0.717, 1.165) is 0 Å². The molecule has 0 aliphatic rings. The number of halogens is 6. The highest BCUT2D eigenvalue weighted by atomic mass is 35.7. The van der Waals surface area contributed by atoms with Crippen molar-refractivity contribution >= 4 is 19.7 Å². The summed E-state index contributed by atoms with van der Waals surface area (Å²) >= 11 is 0. The van der Waals surface area contributed by atoms with Crippen LogP contribution in [-0.4, -0.2) is 13.4 Å². The summed E-state index contributed by atoms with van der Waals surface area (Å²) in [6.45, 7) is -0.877. The van der Waals surface area contributed by atoms with Crippen LogP contribution in [0.5, 0.6) is 0 Å². The van der Waals surface area contributed by atoms with Gasteiger partial charge < -0.3 is 5.73 Å². The molecule has 0 spiro atoms. The van der Waals surface area contributed by atoms with Gasteiger partial charge in [0.05, 0.1) is 5.56 Å². The molecule has 0 radical (unpaired) electrons. The molecule has 108 valence electrons. The predicted octanol–water partition coefficient (Wildman–Crippen LogP) is 2.42. The van der Waals surface area contributed by atoms with Gasteiger partial charge in [0, 0.05) is 29.0 Å². The first kappa shape index (κ1) is 16.1. The first-order chi connectivity index (χ1) is 8.50. The fraction of sp³-hybridized carbons (Fsp3) is 0.375. The molecule has 0 unspecified atom stereocenters. The smallest absolute Gasteiger partial charge is 0.326 e. The van der Waals surface area contributed by atoms with E-state index in [4.69, 9.17) is 16.4 Å². The summed E-state index contributed by atoms with van der Waals surface area (Å²) in [5.41, 5.74) is 1.22. The molecular formula is C8H6ClF5N2O2S. The Hall–Kier alpha value is -1.00. The van der Waals surface area contributed by atoms with E-state index in [9.17, 15) is 30.4 Å². The summed E-state index contributed by atoms with van der Waals surface area (Å²) in [6.07, 6.45) is -8.40. The molecule has 19 heavy (non-hydrogen) atoms. The zero-order valence-corrected chi connectivity index (χ0v) is 10.5. The molecule has 0 aliphatic carbocycles. The fourth-order valence-electron chi connectivity index (χ4n) is 1.42. The average Bonchev–Trinajstić information content (AvgIpc) is 2.24. The lowest BCUT2D eigenvalue weighted by Crippen LogP contribution is -2.18. The maximum atomic E-state index is 12.6. The van der Waals surface area contributed by atoms with Crippen LogP contribution in [0.25, 0.3) is 0 Å². The number of hydrogen-bond donors (Lipinski definition) is 1. The summed E-state index contributed by atoms with van der Waals surface area (Å²) in [5.74, 6) is 0. The first-order valence-electron chi connectivity index (χ1n) is 4.52. The number of nitrogens with two attached hydrogens (primary N) is 1. The lowest BCUT2D eigenvalue weighted by molar-refractivity contribution is -0.140. The molecule has 1 rings (SSSR count). The number of pyridine rings is 1. The van der Waals surface area contributed by atoms with Crippen LogP contribution in [-0.2, 0) is 21.8 Å². The van der Waals surface area contributed by atoms with Crippen molar-refractivity contribution in [2.75, 3.05) is 0 Å². The lowest BCUT2D eigenvalue weighted by Gasteiger charge is -2.16. The molecule has 0 atom stereocenters. The lowest BCUT2D eigenvalue weighted by atomic mass is 10.1. The van der Waals surface area contributed by atoms with Crippen LogP contribution in [0.3, 0.4) is 0 Å². The van der Waals surface area contributed by atoms with E-state index >= 15 is 0 Å². The van der Waals surface area contributed by atoms with Crippen LogP contribution in [0.2, 0.25) is 0 Å². The van der Waals surface area contributed by atoms with Crippen molar-refractivity contribution in [3.05, 3.63) is 23.0 Å². The second kappa shape index (κ2) is 5.17. The van der Waals surface area contributed by atoms with Gasteiger partial charge in [-0.3, -0.25) is 4.98 Å². The van der Waals surface area contributed by atoms with Crippen LogP contribution < -0.4 is 5.73 Å². The largest absolute Gasteiger partial charge is 0.419 e. The Balaban J connectivity index is 3.82. The Morgan fingerprint density at radius 1 is 1.37 bits per heavy atom. The fourth-order valence-corrected chi connectivity index (χ4v) is 2.86. The zero-order valence-electron chi connectivity index (χ0n) is 8.88. The Bertz CT molecular complexity index is 588. The monoisotopic (exact) mass is 324 g/mol. The summed E-state index contributed by atoms with van der Waals surface area (Å²) in [6, 6.07) is 0. The highest BCUT2D eigenvalue weighted by Gasteiger charge is 2.40. The van der Waals surface area contributed by atoms with Crippen molar-refractivity contribution < 1.29 is 30.4 Å². The predicted molar refractivity (Wildman–Crippen MR) is 55.1 cm³/mol. The molecule has 11 heteroatoms. The molecule has 1 aromatic rings. The standard InChI is InChI=1S/C8H6ClF5N2O2S/c9-19(17,18)6-3(1-15)5(7(10)11)16-2-4(6)8(12,13)14/h2,7H,1,15H2. The molecule has 1 aromatic heterocycles. The van der Waals surface area contributed by atoms with Crippen molar-refractivity contribution in [2.45, 2.75) is 24.0 Å². The van der Waals surface area contributed by atoms with E-state index in [-0.39, 0.29) is 6.20 Å². The van der Waals surface area contributed by atoms with Crippen molar-refractivity contribution in [3.8, 4) is 0 Å². The van der Waals surface area contributed by atoms with Gasteiger partial charge in [-0.05, 0) is 0 Å². The number of rotatable bonds is 3. The van der Waals surface area contributed by atoms with Gasteiger partial charge >= 0.3 is 6.18 Å². The molecular weight excluding hydrogens is 319 g/mol. The van der Waals surface area contributed by atoms with Crippen LogP contribution >= 0.6 is 10.7 Å². The van der Waals surface area contributed by atoms with Gasteiger partial charge in [0.1, 0.15) is 10.6 Å². The summed E-state index contributed by atoms with van der Waals surface area (Å²) in [7, 11) is -0.0422. The highest BCUT2D eigenvalue weighted by molar-refractivity contribution is 8.13. The number of alkyl halides is 5. The number of aromatic nitrogens is 1. The topological polar surface area (TPSA) is 73.0 Å². The molecule has 0 fully saturated rings. The molecule has 4 nitrogen and oxygen atoms in total. The van der Waals surface area contributed by atoms with Crippen LogP contribution in [0.1, 0.15) is 23.2 Å². The second-order valence-electron chi connectivity index (χ2n) is 3.31. The Labute approximate surface area is 108 Å². The average molecular weight is 325 g/mol. The molecule has 0 amide bonds. The molecule has 0 saturated carbocycles. The molecule has 1 heterocycles. The number of nitrogens with zero attached hydrogens (tertiary/aromatic N) is 1. The highest BCUT2D eigenvalue weighted by Crippen LogP contribution is 2.39. The molecule has 0 aromatic carbocycles. The van der Waals surface area contributed by atoms with E-state index in [1.165, 1.54) is 0 Å². The van der Waals surface area contributed by atoms with Gasteiger partial charge in [-0.25, -0.2) is 17.2 Å². The third-order valence-electron chi connectivity index (χ3n) is 2.12.